The van der Waals surface area contributed by atoms with Gasteiger partial charge in [0.2, 0.25) is 0 Å². The smallest absolute Gasteiger partial charge is 0.131 e. The summed E-state index contributed by atoms with van der Waals surface area (Å²) in [6.45, 7) is 10.6. The average Bonchev–Trinajstić information content (AvgIpc) is 2.19. The summed E-state index contributed by atoms with van der Waals surface area (Å²) in [6.07, 6.45) is 1.96. The maximum Gasteiger partial charge on any atom is 0.131 e. The molecule has 1 saturated heterocycles. The molecular formula is C11H21NO. The second-order valence-electron chi connectivity index (χ2n) is 5.02. The van der Waals surface area contributed by atoms with Crippen molar-refractivity contribution < 1.29 is 4.79 Å². The SMILES string of the molecule is CC(=O)CCN1CC(C)CC1(C)C. The molecule has 0 aromatic carbocycles. The monoisotopic (exact) mass is 183 g/mol. The largest absolute Gasteiger partial charge is 0.300 e. The molecule has 0 spiro atoms. The minimum absolute atomic E-state index is 0.300. The van der Waals surface area contributed by atoms with Crippen LogP contribution in [0.1, 0.15) is 40.5 Å². The lowest BCUT2D eigenvalue weighted by molar-refractivity contribution is -0.117. The Kier molecular flexibility index (Phi) is 3.12. The van der Waals surface area contributed by atoms with Crippen molar-refractivity contribution in [1.29, 1.82) is 0 Å². The first-order chi connectivity index (χ1) is 5.92. The van der Waals surface area contributed by atoms with Crippen molar-refractivity contribution in [2.45, 2.75) is 46.1 Å². The van der Waals surface area contributed by atoms with Crippen LogP contribution in [0.15, 0.2) is 0 Å². The van der Waals surface area contributed by atoms with Crippen molar-refractivity contribution in [3.8, 4) is 0 Å². The van der Waals surface area contributed by atoms with E-state index < -0.39 is 0 Å². The summed E-state index contributed by atoms with van der Waals surface area (Å²) in [5, 5.41) is 0. The fourth-order valence-electron chi connectivity index (χ4n) is 2.36. The standard InChI is InChI=1S/C11H21NO/c1-9-7-11(3,4)12(8-9)6-5-10(2)13/h9H,5-8H2,1-4H3. The quantitative estimate of drug-likeness (QED) is 0.667. The highest BCUT2D eigenvalue weighted by molar-refractivity contribution is 5.75. The highest BCUT2D eigenvalue weighted by atomic mass is 16.1. The van der Waals surface area contributed by atoms with E-state index in [1.165, 1.54) is 6.42 Å². The molecule has 1 aliphatic rings. The van der Waals surface area contributed by atoms with E-state index in [0.29, 0.717) is 17.7 Å². The normalized spacial score (nSPS) is 27.8. The number of hydrogen-bond acceptors (Lipinski definition) is 2. The van der Waals surface area contributed by atoms with E-state index in [9.17, 15) is 4.79 Å². The Bertz CT molecular complexity index is 198. The Morgan fingerprint density at radius 2 is 2.15 bits per heavy atom. The third-order valence-corrected chi connectivity index (χ3v) is 2.97. The summed E-state index contributed by atoms with van der Waals surface area (Å²) in [5.74, 6) is 1.08. The summed E-state index contributed by atoms with van der Waals surface area (Å²) in [6, 6.07) is 0. The lowest BCUT2D eigenvalue weighted by Gasteiger charge is -2.31. The van der Waals surface area contributed by atoms with Gasteiger partial charge >= 0.3 is 0 Å². The second-order valence-corrected chi connectivity index (χ2v) is 5.02. The molecule has 0 saturated carbocycles. The van der Waals surface area contributed by atoms with Gasteiger partial charge in [0, 0.05) is 25.0 Å². The number of ketones is 1. The van der Waals surface area contributed by atoms with Gasteiger partial charge in [-0.1, -0.05) is 6.92 Å². The molecule has 0 aromatic heterocycles. The molecule has 0 aromatic rings. The van der Waals surface area contributed by atoms with E-state index in [4.69, 9.17) is 0 Å². The van der Waals surface area contributed by atoms with Gasteiger partial charge in [0.25, 0.3) is 0 Å². The zero-order chi connectivity index (χ0) is 10.1. The van der Waals surface area contributed by atoms with E-state index in [2.05, 4.69) is 25.7 Å². The molecule has 2 nitrogen and oxygen atoms in total. The Hall–Kier alpha value is -0.370. The summed E-state index contributed by atoms with van der Waals surface area (Å²) in [5.41, 5.74) is 0.300. The molecule has 76 valence electrons. The molecule has 0 bridgehead atoms. The zero-order valence-corrected chi connectivity index (χ0v) is 9.26. The third-order valence-electron chi connectivity index (χ3n) is 2.97. The first kappa shape index (κ1) is 10.7. The van der Waals surface area contributed by atoms with Crippen LogP contribution in [-0.2, 0) is 4.79 Å². The predicted molar refractivity (Wildman–Crippen MR) is 54.7 cm³/mol. The first-order valence-corrected chi connectivity index (χ1v) is 5.16. The Morgan fingerprint density at radius 1 is 1.54 bits per heavy atom. The molecule has 1 aliphatic heterocycles. The summed E-state index contributed by atoms with van der Waals surface area (Å²) in [4.78, 5) is 13.3. The van der Waals surface area contributed by atoms with Gasteiger partial charge in [-0.15, -0.1) is 0 Å². The van der Waals surface area contributed by atoms with Crippen molar-refractivity contribution in [3.63, 3.8) is 0 Å². The van der Waals surface area contributed by atoms with E-state index in [-0.39, 0.29) is 0 Å². The Labute approximate surface area is 81.3 Å². The minimum atomic E-state index is 0.300. The minimum Gasteiger partial charge on any atom is -0.300 e. The summed E-state index contributed by atoms with van der Waals surface area (Å²) in [7, 11) is 0. The number of rotatable bonds is 3. The highest BCUT2D eigenvalue weighted by Gasteiger charge is 2.35. The van der Waals surface area contributed by atoms with Gasteiger partial charge < -0.3 is 0 Å². The fourth-order valence-corrected chi connectivity index (χ4v) is 2.36. The van der Waals surface area contributed by atoms with Crippen LogP contribution in [0.2, 0.25) is 0 Å². The van der Waals surface area contributed by atoms with Crippen LogP contribution in [0.4, 0.5) is 0 Å². The van der Waals surface area contributed by atoms with Crippen LogP contribution >= 0.6 is 0 Å². The van der Waals surface area contributed by atoms with E-state index in [1.807, 2.05) is 0 Å². The number of carbonyl (C=O) groups excluding carboxylic acids is 1. The topological polar surface area (TPSA) is 20.3 Å². The van der Waals surface area contributed by atoms with Gasteiger partial charge in [0.1, 0.15) is 5.78 Å². The fraction of sp³-hybridized carbons (Fsp3) is 0.909. The van der Waals surface area contributed by atoms with Gasteiger partial charge in [0.15, 0.2) is 0 Å². The lowest BCUT2D eigenvalue weighted by Crippen LogP contribution is -2.39. The molecule has 1 fully saturated rings. The van der Waals surface area contributed by atoms with Crippen LogP contribution < -0.4 is 0 Å². The molecule has 1 rings (SSSR count). The summed E-state index contributed by atoms with van der Waals surface area (Å²) < 4.78 is 0. The van der Waals surface area contributed by atoms with Crippen molar-refractivity contribution in [1.82, 2.24) is 4.90 Å². The molecule has 13 heavy (non-hydrogen) atoms. The first-order valence-electron chi connectivity index (χ1n) is 5.16. The molecule has 0 aliphatic carbocycles. The van der Waals surface area contributed by atoms with E-state index in [0.717, 1.165) is 19.0 Å². The Balaban J connectivity index is 2.45. The zero-order valence-electron chi connectivity index (χ0n) is 9.26. The number of carbonyl (C=O) groups is 1. The van der Waals surface area contributed by atoms with Crippen molar-refractivity contribution in [3.05, 3.63) is 0 Å². The van der Waals surface area contributed by atoms with Gasteiger partial charge in [0.05, 0.1) is 0 Å². The van der Waals surface area contributed by atoms with Crippen LogP contribution in [0.5, 0.6) is 0 Å². The van der Waals surface area contributed by atoms with Gasteiger partial charge in [-0.2, -0.15) is 0 Å². The van der Waals surface area contributed by atoms with Crippen molar-refractivity contribution in [2.24, 2.45) is 5.92 Å². The van der Waals surface area contributed by atoms with E-state index >= 15 is 0 Å². The maximum atomic E-state index is 10.9. The third kappa shape index (κ3) is 2.80. The molecule has 0 radical (unpaired) electrons. The van der Waals surface area contributed by atoms with Crippen LogP contribution in [-0.4, -0.2) is 29.3 Å². The van der Waals surface area contributed by atoms with Crippen molar-refractivity contribution in [2.75, 3.05) is 13.1 Å². The molecule has 1 heterocycles. The molecule has 0 N–H and O–H groups in total. The maximum absolute atomic E-state index is 10.9. The number of Topliss-reactive ketones (excluding diaryl/α,β-unsaturated/α-hetero) is 1. The number of nitrogens with zero attached hydrogens (tertiary/aromatic N) is 1. The van der Waals surface area contributed by atoms with Gasteiger partial charge in [-0.3, -0.25) is 9.69 Å². The second kappa shape index (κ2) is 3.79. The van der Waals surface area contributed by atoms with E-state index in [1.54, 1.807) is 6.92 Å². The predicted octanol–water partition coefficient (Wildman–Crippen LogP) is 2.09. The van der Waals surface area contributed by atoms with Crippen molar-refractivity contribution >= 4 is 5.78 Å². The molecule has 0 amide bonds. The number of hydrogen-bond donors (Lipinski definition) is 0. The van der Waals surface area contributed by atoms with Crippen LogP contribution in [0.3, 0.4) is 0 Å². The van der Waals surface area contributed by atoms with Gasteiger partial charge in [-0.25, -0.2) is 0 Å². The molecule has 1 atom stereocenters. The summed E-state index contributed by atoms with van der Waals surface area (Å²) >= 11 is 0. The Morgan fingerprint density at radius 3 is 2.54 bits per heavy atom. The van der Waals surface area contributed by atoms with Crippen LogP contribution in [0.25, 0.3) is 0 Å². The van der Waals surface area contributed by atoms with Crippen LogP contribution in [0, 0.1) is 5.92 Å². The lowest BCUT2D eigenvalue weighted by atomic mass is 9.97. The van der Waals surface area contributed by atoms with Gasteiger partial charge in [-0.05, 0) is 33.1 Å². The molecular weight excluding hydrogens is 162 g/mol. The average molecular weight is 183 g/mol. The molecule has 2 heteroatoms. The highest BCUT2D eigenvalue weighted by Crippen LogP contribution is 2.31. The number of likely N-dealkylation sites (tertiary alicyclic amines) is 1. The molecule has 1 unspecified atom stereocenters.